The van der Waals surface area contributed by atoms with E-state index in [-0.39, 0.29) is 18.9 Å². The van der Waals surface area contributed by atoms with E-state index in [2.05, 4.69) is 19.2 Å². The molecule has 0 radical (unpaired) electrons. The van der Waals surface area contributed by atoms with Gasteiger partial charge in [-0.15, -0.1) is 0 Å². The van der Waals surface area contributed by atoms with Gasteiger partial charge in [-0.1, -0.05) is 219 Å². The molecule has 3 saturated heterocycles. The van der Waals surface area contributed by atoms with Crippen LogP contribution >= 0.6 is 0 Å². The first-order valence-electron chi connectivity index (χ1n) is 31.4. The molecule has 19 heteroatoms. The molecule has 0 aromatic carbocycles. The monoisotopic (exact) mass is 1140 g/mol. The molecule has 466 valence electrons. The minimum atomic E-state index is -1.97. The van der Waals surface area contributed by atoms with Crippen LogP contribution < -0.4 is 5.32 Å². The van der Waals surface area contributed by atoms with E-state index in [9.17, 15) is 61.0 Å². The van der Waals surface area contributed by atoms with Gasteiger partial charge >= 0.3 is 0 Å². The lowest BCUT2D eigenvalue weighted by molar-refractivity contribution is -0.380. The zero-order chi connectivity index (χ0) is 57.6. The lowest BCUT2D eigenvalue weighted by Gasteiger charge is -2.48. The van der Waals surface area contributed by atoms with Gasteiger partial charge in [0.1, 0.15) is 73.2 Å². The third-order valence-electron chi connectivity index (χ3n) is 16.1. The van der Waals surface area contributed by atoms with Crippen molar-refractivity contribution >= 4 is 5.91 Å². The standard InChI is InChI=1S/C60H113NO18/c1-3-5-7-9-11-13-15-17-18-19-20-21-22-23-24-26-28-30-32-34-36-38-48(66)61-43(44(65)37-35-33-31-29-27-25-16-14-12-10-8-6-4-2)42-74-58-54(72)52(70)56(47(41-64)77-58)78-60-55(73)57(50(68)46(40-63)76-60)79-59-53(71)51(69)49(67)45(39-62)75-59/h35,37,43-47,49-60,62-65,67-73H,3-34,36,38-42H2,1-2H3,(H,61,66)/b37-35+/t43-,44+,45?,46?,47?,49-,50-,51-,52+,53?,54?,55?,56+,57-,58+,59+,60-/m0/s1. The third kappa shape index (κ3) is 27.9. The van der Waals surface area contributed by atoms with Gasteiger partial charge in [-0.25, -0.2) is 0 Å². The molecule has 3 aliphatic rings. The van der Waals surface area contributed by atoms with E-state index >= 15 is 0 Å². The van der Waals surface area contributed by atoms with Crippen LogP contribution in [0, 0.1) is 0 Å². The van der Waals surface area contributed by atoms with E-state index in [4.69, 9.17) is 28.4 Å². The molecule has 0 aromatic heterocycles. The molecule has 0 spiro atoms. The first-order valence-corrected chi connectivity index (χ1v) is 31.4. The molecule has 3 aliphatic heterocycles. The van der Waals surface area contributed by atoms with Gasteiger partial charge in [-0.2, -0.15) is 0 Å². The first-order chi connectivity index (χ1) is 38.3. The van der Waals surface area contributed by atoms with Gasteiger partial charge in [-0.05, 0) is 19.3 Å². The molecular formula is C60H113NO18. The van der Waals surface area contributed by atoms with Crippen LogP contribution in [0.3, 0.4) is 0 Å². The van der Waals surface area contributed by atoms with E-state index in [1.54, 1.807) is 6.08 Å². The Balaban J connectivity index is 1.49. The van der Waals surface area contributed by atoms with Gasteiger partial charge in [0.2, 0.25) is 5.91 Å². The van der Waals surface area contributed by atoms with Crippen LogP contribution in [0.2, 0.25) is 0 Å². The summed E-state index contributed by atoms with van der Waals surface area (Å²) in [6.45, 7) is 1.71. The van der Waals surface area contributed by atoms with Crippen LogP contribution in [-0.4, -0.2) is 193 Å². The molecule has 79 heavy (non-hydrogen) atoms. The van der Waals surface area contributed by atoms with E-state index in [1.165, 1.54) is 161 Å². The van der Waals surface area contributed by atoms with Gasteiger partial charge in [0.05, 0.1) is 38.6 Å². The molecule has 0 aromatic rings. The summed E-state index contributed by atoms with van der Waals surface area (Å²) in [6, 6.07) is -0.973. The van der Waals surface area contributed by atoms with Crippen LogP contribution in [0.4, 0.5) is 0 Å². The fraction of sp³-hybridized carbons (Fsp3) is 0.950. The van der Waals surface area contributed by atoms with Crippen LogP contribution in [0.5, 0.6) is 0 Å². The minimum Gasteiger partial charge on any atom is -0.394 e. The van der Waals surface area contributed by atoms with Crippen molar-refractivity contribution in [3.8, 4) is 0 Å². The van der Waals surface area contributed by atoms with Crippen molar-refractivity contribution in [3.05, 3.63) is 12.2 Å². The Morgan fingerprint density at radius 1 is 0.443 bits per heavy atom. The number of ether oxygens (including phenoxy) is 6. The van der Waals surface area contributed by atoms with Crippen molar-refractivity contribution in [3.63, 3.8) is 0 Å². The van der Waals surface area contributed by atoms with E-state index in [0.29, 0.717) is 6.42 Å². The number of aliphatic hydroxyl groups excluding tert-OH is 11. The summed E-state index contributed by atoms with van der Waals surface area (Å²) < 4.78 is 34.3. The van der Waals surface area contributed by atoms with Crippen molar-refractivity contribution in [1.82, 2.24) is 5.32 Å². The highest BCUT2D eigenvalue weighted by atomic mass is 16.8. The van der Waals surface area contributed by atoms with Gasteiger partial charge in [0.15, 0.2) is 18.9 Å². The summed E-state index contributed by atoms with van der Waals surface area (Å²) in [5.74, 6) is -0.276. The van der Waals surface area contributed by atoms with E-state index < -0.39 is 124 Å². The molecule has 19 nitrogen and oxygen atoms in total. The molecule has 6 unspecified atom stereocenters. The number of carbonyl (C=O) groups excluding carboxylic acids is 1. The highest BCUT2D eigenvalue weighted by Gasteiger charge is 2.54. The number of unbranched alkanes of at least 4 members (excludes halogenated alkanes) is 31. The smallest absolute Gasteiger partial charge is 0.220 e. The largest absolute Gasteiger partial charge is 0.394 e. The van der Waals surface area contributed by atoms with Crippen molar-refractivity contribution in [2.45, 2.75) is 336 Å². The second kappa shape index (κ2) is 44.1. The van der Waals surface area contributed by atoms with Gasteiger partial charge < -0.3 is 89.9 Å². The minimum absolute atomic E-state index is 0.245. The fourth-order valence-electron chi connectivity index (χ4n) is 10.9. The highest BCUT2D eigenvalue weighted by molar-refractivity contribution is 5.76. The normalized spacial score (nSPS) is 30.3. The second-order valence-corrected chi connectivity index (χ2v) is 22.9. The number of carbonyl (C=O) groups is 1. The number of aliphatic hydroxyl groups is 11. The van der Waals surface area contributed by atoms with Crippen LogP contribution in [0.25, 0.3) is 0 Å². The Hall–Kier alpha value is -1.47. The van der Waals surface area contributed by atoms with Crippen LogP contribution in [0.15, 0.2) is 12.2 Å². The molecule has 1 amide bonds. The maximum absolute atomic E-state index is 13.3. The Labute approximate surface area is 474 Å². The van der Waals surface area contributed by atoms with Gasteiger partial charge in [0.25, 0.3) is 0 Å². The Morgan fingerprint density at radius 3 is 1.28 bits per heavy atom. The zero-order valence-corrected chi connectivity index (χ0v) is 48.6. The quantitative estimate of drug-likeness (QED) is 0.0240. The van der Waals surface area contributed by atoms with E-state index in [0.717, 1.165) is 44.9 Å². The van der Waals surface area contributed by atoms with Crippen molar-refractivity contribution in [2.24, 2.45) is 0 Å². The second-order valence-electron chi connectivity index (χ2n) is 22.9. The van der Waals surface area contributed by atoms with Crippen molar-refractivity contribution < 1.29 is 89.4 Å². The number of rotatable bonds is 47. The summed E-state index contributed by atoms with van der Waals surface area (Å²) in [7, 11) is 0. The Kier molecular flexibility index (Phi) is 40.1. The summed E-state index contributed by atoms with van der Waals surface area (Å²) in [5.41, 5.74) is 0. The fourth-order valence-corrected chi connectivity index (χ4v) is 10.9. The van der Waals surface area contributed by atoms with E-state index in [1.807, 2.05) is 6.08 Å². The molecule has 17 atom stereocenters. The number of allylic oxidation sites excluding steroid dienone is 1. The predicted molar refractivity (Wildman–Crippen MR) is 300 cm³/mol. The molecule has 3 fully saturated rings. The number of amides is 1. The van der Waals surface area contributed by atoms with Gasteiger partial charge in [-0.3, -0.25) is 4.79 Å². The average Bonchev–Trinajstić information content (AvgIpc) is 3.48. The SMILES string of the molecule is CCCCCCCCCCCCC/C=C/[C@@H](O)[C@H](CO[C@@H]1OC(CO)[C@@H](O[C@@H]2OC(CO)[C@H](O)[C@H](O[C@H]3OC(CO)[C@H](O)[C@H](O)C3O)C2O)[C@H](O)C1O)NC(=O)CCCCCCCCCCCCCCCCCCCCCCC. The summed E-state index contributed by atoms with van der Waals surface area (Å²) >= 11 is 0. The summed E-state index contributed by atoms with van der Waals surface area (Å²) in [4.78, 5) is 13.3. The number of hydrogen-bond acceptors (Lipinski definition) is 18. The third-order valence-corrected chi connectivity index (χ3v) is 16.1. The molecule has 3 rings (SSSR count). The predicted octanol–water partition coefficient (Wildman–Crippen LogP) is 6.16. The summed E-state index contributed by atoms with van der Waals surface area (Å²) in [5, 5.41) is 120. The molecule has 0 saturated carbocycles. The Bertz CT molecular complexity index is 1500. The van der Waals surface area contributed by atoms with Crippen molar-refractivity contribution in [2.75, 3.05) is 26.4 Å². The van der Waals surface area contributed by atoms with Crippen LogP contribution in [0.1, 0.15) is 232 Å². The Morgan fingerprint density at radius 2 is 0.823 bits per heavy atom. The molecule has 0 aliphatic carbocycles. The first kappa shape index (κ1) is 71.8. The maximum atomic E-state index is 13.3. The van der Waals surface area contributed by atoms with Gasteiger partial charge in [0, 0.05) is 6.42 Å². The molecular weight excluding hydrogens is 1020 g/mol. The lowest BCUT2D eigenvalue weighted by Crippen LogP contribution is -2.67. The van der Waals surface area contributed by atoms with Crippen LogP contribution in [-0.2, 0) is 33.2 Å². The average molecular weight is 1140 g/mol. The van der Waals surface area contributed by atoms with Crippen molar-refractivity contribution in [1.29, 1.82) is 0 Å². The summed E-state index contributed by atoms with van der Waals surface area (Å²) in [6.07, 6.45) is 17.3. The lowest BCUT2D eigenvalue weighted by atomic mass is 9.96. The maximum Gasteiger partial charge on any atom is 0.220 e. The molecule has 12 N–H and O–H groups in total. The molecule has 3 heterocycles. The zero-order valence-electron chi connectivity index (χ0n) is 48.6. The number of nitrogens with one attached hydrogen (secondary N) is 1. The topological polar surface area (TPSA) is 307 Å². The highest BCUT2D eigenvalue weighted by Crippen LogP contribution is 2.33. The molecule has 0 bridgehead atoms. The number of hydrogen-bond donors (Lipinski definition) is 12.